The zero-order valence-corrected chi connectivity index (χ0v) is 8.59. The van der Waals surface area contributed by atoms with E-state index >= 15 is 0 Å². The Morgan fingerprint density at radius 2 is 1.69 bits per heavy atom. The summed E-state index contributed by atoms with van der Waals surface area (Å²) in [7, 11) is 0. The Bertz CT molecular complexity index is 254. The summed E-state index contributed by atoms with van der Waals surface area (Å²) in [5.41, 5.74) is 2.78. The first-order valence-corrected chi connectivity index (χ1v) is 4.91. The average molecular weight is 174 g/mol. The largest absolute Gasteiger partial charge is 0.103 e. The van der Waals surface area contributed by atoms with Gasteiger partial charge in [0.2, 0.25) is 0 Å². The highest BCUT2D eigenvalue weighted by atomic mass is 14.0. The quantitative estimate of drug-likeness (QED) is 0.612. The minimum Gasteiger partial charge on any atom is -0.103 e. The molecule has 0 saturated heterocycles. The molecule has 0 heteroatoms. The second-order valence-corrected chi connectivity index (χ2v) is 3.91. The van der Waals surface area contributed by atoms with Crippen molar-refractivity contribution in [1.82, 2.24) is 0 Å². The summed E-state index contributed by atoms with van der Waals surface area (Å²) in [4.78, 5) is 0. The molecule has 1 aromatic carbocycles. The van der Waals surface area contributed by atoms with Gasteiger partial charge in [0, 0.05) is 0 Å². The van der Waals surface area contributed by atoms with E-state index in [2.05, 4.69) is 44.7 Å². The van der Waals surface area contributed by atoms with E-state index in [1.807, 2.05) is 6.08 Å². The molecule has 1 aromatic rings. The van der Waals surface area contributed by atoms with Gasteiger partial charge in [-0.25, -0.2) is 0 Å². The molecule has 0 N–H and O–H groups in total. The fourth-order valence-corrected chi connectivity index (χ4v) is 1.45. The first-order chi connectivity index (χ1) is 6.22. The van der Waals surface area contributed by atoms with Gasteiger partial charge in [-0.3, -0.25) is 0 Å². The van der Waals surface area contributed by atoms with Crippen molar-refractivity contribution in [3.63, 3.8) is 0 Å². The van der Waals surface area contributed by atoms with Crippen molar-refractivity contribution in [3.8, 4) is 0 Å². The molecule has 0 atom stereocenters. The van der Waals surface area contributed by atoms with Crippen LogP contribution in [0.5, 0.6) is 0 Å². The maximum atomic E-state index is 3.73. The van der Waals surface area contributed by atoms with E-state index in [0.717, 1.165) is 12.3 Å². The minimum atomic E-state index is 0.741. The van der Waals surface area contributed by atoms with Crippen LogP contribution in [0.1, 0.15) is 25.0 Å². The molecule has 1 rings (SSSR count). The third-order valence-electron chi connectivity index (χ3n) is 2.05. The first-order valence-electron chi connectivity index (χ1n) is 4.91. The van der Waals surface area contributed by atoms with Crippen LogP contribution >= 0.6 is 0 Å². The van der Waals surface area contributed by atoms with E-state index < -0.39 is 0 Å². The van der Waals surface area contributed by atoms with E-state index in [1.54, 1.807) is 0 Å². The van der Waals surface area contributed by atoms with E-state index in [9.17, 15) is 0 Å². The molecule has 0 spiro atoms. The predicted octanol–water partition coefficient (Wildman–Crippen LogP) is 3.61. The molecule has 0 aliphatic rings. The Balaban J connectivity index is 2.63. The van der Waals surface area contributed by atoms with Gasteiger partial charge in [0.25, 0.3) is 0 Å². The van der Waals surface area contributed by atoms with E-state index in [0.29, 0.717) is 0 Å². The smallest absolute Gasteiger partial charge is 0.0100 e. The van der Waals surface area contributed by atoms with Crippen LogP contribution in [0.25, 0.3) is 0 Å². The maximum absolute atomic E-state index is 3.73. The van der Waals surface area contributed by atoms with Crippen LogP contribution < -0.4 is 0 Å². The molecule has 0 saturated carbocycles. The summed E-state index contributed by atoms with van der Waals surface area (Å²) in [5, 5.41) is 0. The molecular weight excluding hydrogens is 156 g/mol. The van der Waals surface area contributed by atoms with Crippen LogP contribution in [0.15, 0.2) is 36.9 Å². The van der Waals surface area contributed by atoms with Crippen molar-refractivity contribution in [2.75, 3.05) is 0 Å². The molecule has 0 amide bonds. The first kappa shape index (κ1) is 10.0. The van der Waals surface area contributed by atoms with Gasteiger partial charge in [0.1, 0.15) is 0 Å². The van der Waals surface area contributed by atoms with Crippen LogP contribution in [0.2, 0.25) is 0 Å². The van der Waals surface area contributed by atoms with E-state index in [1.165, 1.54) is 17.5 Å². The summed E-state index contributed by atoms with van der Waals surface area (Å²) in [6.45, 7) is 8.22. The second-order valence-electron chi connectivity index (χ2n) is 3.91. The number of hydrogen-bond acceptors (Lipinski definition) is 0. The van der Waals surface area contributed by atoms with Crippen LogP contribution in [-0.2, 0) is 12.8 Å². The summed E-state index contributed by atoms with van der Waals surface area (Å²) in [6, 6.07) is 8.83. The number of rotatable bonds is 4. The Morgan fingerprint density at radius 3 is 2.15 bits per heavy atom. The van der Waals surface area contributed by atoms with E-state index in [-0.39, 0.29) is 0 Å². The van der Waals surface area contributed by atoms with Crippen LogP contribution in [0.4, 0.5) is 0 Å². The fourth-order valence-electron chi connectivity index (χ4n) is 1.45. The highest BCUT2D eigenvalue weighted by Gasteiger charge is 1.96. The molecule has 13 heavy (non-hydrogen) atoms. The molecule has 0 fully saturated rings. The highest BCUT2D eigenvalue weighted by molar-refractivity contribution is 5.24. The van der Waals surface area contributed by atoms with Gasteiger partial charge in [-0.1, -0.05) is 44.2 Å². The average Bonchev–Trinajstić information content (AvgIpc) is 2.08. The third-order valence-corrected chi connectivity index (χ3v) is 2.05. The molecular formula is C13H18. The maximum Gasteiger partial charge on any atom is -0.0100 e. The van der Waals surface area contributed by atoms with Crippen LogP contribution in [0.3, 0.4) is 0 Å². The van der Waals surface area contributed by atoms with Crippen LogP contribution in [-0.4, -0.2) is 0 Å². The minimum absolute atomic E-state index is 0.741. The third kappa shape index (κ3) is 3.45. The molecule has 0 aromatic heterocycles. The lowest BCUT2D eigenvalue weighted by molar-refractivity contribution is 0.647. The zero-order chi connectivity index (χ0) is 9.68. The van der Waals surface area contributed by atoms with Crippen LogP contribution in [0, 0.1) is 5.92 Å². The van der Waals surface area contributed by atoms with Crippen molar-refractivity contribution in [2.45, 2.75) is 26.7 Å². The van der Waals surface area contributed by atoms with Gasteiger partial charge in [0.15, 0.2) is 0 Å². The SMILES string of the molecule is C=CCc1ccc(CC(C)C)cc1. The molecule has 0 radical (unpaired) electrons. The lowest BCUT2D eigenvalue weighted by Gasteiger charge is -2.05. The van der Waals surface area contributed by atoms with Gasteiger partial charge >= 0.3 is 0 Å². The Labute approximate surface area is 81.3 Å². The molecule has 0 nitrogen and oxygen atoms in total. The molecule has 0 heterocycles. The lowest BCUT2D eigenvalue weighted by atomic mass is 10.0. The summed E-state index contributed by atoms with van der Waals surface area (Å²) < 4.78 is 0. The predicted molar refractivity (Wildman–Crippen MR) is 58.9 cm³/mol. The van der Waals surface area contributed by atoms with Crippen molar-refractivity contribution >= 4 is 0 Å². The molecule has 70 valence electrons. The number of hydrogen-bond donors (Lipinski definition) is 0. The lowest BCUT2D eigenvalue weighted by Crippen LogP contribution is -1.93. The summed E-state index contributed by atoms with van der Waals surface area (Å²) in [5.74, 6) is 0.741. The van der Waals surface area contributed by atoms with Gasteiger partial charge in [-0.05, 0) is 29.9 Å². The Kier molecular flexibility index (Phi) is 3.75. The van der Waals surface area contributed by atoms with Gasteiger partial charge < -0.3 is 0 Å². The standard InChI is InChI=1S/C13H18/c1-4-5-12-6-8-13(9-7-12)10-11(2)3/h4,6-9,11H,1,5,10H2,2-3H3. The van der Waals surface area contributed by atoms with Gasteiger partial charge in [-0.15, -0.1) is 6.58 Å². The van der Waals surface area contributed by atoms with Crippen molar-refractivity contribution < 1.29 is 0 Å². The summed E-state index contributed by atoms with van der Waals surface area (Å²) in [6.07, 6.45) is 4.09. The summed E-state index contributed by atoms with van der Waals surface area (Å²) >= 11 is 0. The number of allylic oxidation sites excluding steroid dienone is 1. The highest BCUT2D eigenvalue weighted by Crippen LogP contribution is 2.10. The van der Waals surface area contributed by atoms with Crippen molar-refractivity contribution in [1.29, 1.82) is 0 Å². The second kappa shape index (κ2) is 4.86. The van der Waals surface area contributed by atoms with Gasteiger partial charge in [0.05, 0.1) is 0 Å². The fraction of sp³-hybridized carbons (Fsp3) is 0.385. The van der Waals surface area contributed by atoms with Crippen molar-refractivity contribution in [3.05, 3.63) is 48.0 Å². The normalized spacial score (nSPS) is 10.4. The van der Waals surface area contributed by atoms with Crippen molar-refractivity contribution in [2.24, 2.45) is 5.92 Å². The zero-order valence-electron chi connectivity index (χ0n) is 8.59. The molecule has 0 bridgehead atoms. The molecule has 0 unspecified atom stereocenters. The molecule has 0 aliphatic heterocycles. The Morgan fingerprint density at radius 1 is 1.15 bits per heavy atom. The Hall–Kier alpha value is -1.04. The molecule has 0 aliphatic carbocycles. The van der Waals surface area contributed by atoms with Gasteiger partial charge in [-0.2, -0.15) is 0 Å². The topological polar surface area (TPSA) is 0 Å². The van der Waals surface area contributed by atoms with E-state index in [4.69, 9.17) is 0 Å². The monoisotopic (exact) mass is 174 g/mol. The number of benzene rings is 1.